The van der Waals surface area contributed by atoms with Crippen LogP contribution in [0.4, 0.5) is 11.8 Å². The molecule has 2 aliphatic heterocycles. The SMILES string of the molecule is Cc1cc(NCC(C)C)nc(N2CCC3(CC2)OCCO3)n1. The van der Waals surface area contributed by atoms with Gasteiger partial charge >= 0.3 is 0 Å². The molecule has 122 valence electrons. The fourth-order valence-electron chi connectivity index (χ4n) is 2.93. The predicted octanol–water partition coefficient (Wildman–Crippen LogP) is 2.20. The highest BCUT2D eigenvalue weighted by Gasteiger charge is 2.40. The number of aromatic nitrogens is 2. The van der Waals surface area contributed by atoms with Crippen LogP contribution in [-0.4, -0.2) is 48.6 Å². The third kappa shape index (κ3) is 3.50. The standard InChI is InChI=1S/C16H26N4O2/c1-12(2)11-17-14-10-13(3)18-15(19-14)20-6-4-16(5-7-20)21-8-9-22-16/h10,12H,4-9,11H2,1-3H3,(H,17,18,19). The lowest BCUT2D eigenvalue weighted by molar-refractivity contribution is -0.169. The summed E-state index contributed by atoms with van der Waals surface area (Å²) in [7, 11) is 0. The van der Waals surface area contributed by atoms with Crippen LogP contribution in [-0.2, 0) is 9.47 Å². The fourth-order valence-corrected chi connectivity index (χ4v) is 2.93. The van der Waals surface area contributed by atoms with Gasteiger partial charge in [-0.25, -0.2) is 4.98 Å². The lowest BCUT2D eigenvalue weighted by atomic mass is 10.0. The Kier molecular flexibility index (Phi) is 4.49. The maximum atomic E-state index is 5.78. The molecule has 0 saturated carbocycles. The van der Waals surface area contributed by atoms with E-state index in [1.165, 1.54) is 0 Å². The number of ether oxygens (including phenoxy) is 2. The van der Waals surface area contributed by atoms with Crippen LogP contribution in [0.5, 0.6) is 0 Å². The van der Waals surface area contributed by atoms with E-state index in [9.17, 15) is 0 Å². The summed E-state index contributed by atoms with van der Waals surface area (Å²) in [6, 6.07) is 2.00. The van der Waals surface area contributed by atoms with Crippen molar-refractivity contribution in [2.45, 2.75) is 39.4 Å². The summed E-state index contributed by atoms with van der Waals surface area (Å²) in [6.45, 7) is 10.5. The molecule has 0 radical (unpaired) electrons. The molecule has 1 aromatic rings. The Bertz CT molecular complexity index is 505. The molecule has 3 rings (SSSR count). The molecule has 0 aromatic carbocycles. The monoisotopic (exact) mass is 306 g/mol. The van der Waals surface area contributed by atoms with Gasteiger partial charge in [0.2, 0.25) is 5.95 Å². The molecule has 0 aliphatic carbocycles. The first kappa shape index (κ1) is 15.5. The van der Waals surface area contributed by atoms with Crippen LogP contribution in [0, 0.1) is 12.8 Å². The summed E-state index contributed by atoms with van der Waals surface area (Å²) in [5, 5.41) is 3.39. The molecule has 1 spiro atoms. The number of rotatable bonds is 4. The van der Waals surface area contributed by atoms with Gasteiger partial charge in [0.15, 0.2) is 5.79 Å². The first-order valence-corrected chi connectivity index (χ1v) is 8.19. The molecule has 1 aromatic heterocycles. The Morgan fingerprint density at radius 3 is 2.55 bits per heavy atom. The molecule has 0 amide bonds. The van der Waals surface area contributed by atoms with Crippen LogP contribution < -0.4 is 10.2 Å². The fraction of sp³-hybridized carbons (Fsp3) is 0.750. The van der Waals surface area contributed by atoms with Crippen molar-refractivity contribution in [1.82, 2.24) is 9.97 Å². The summed E-state index contributed by atoms with van der Waals surface area (Å²) < 4.78 is 11.6. The second-order valence-corrected chi connectivity index (χ2v) is 6.56. The highest BCUT2D eigenvalue weighted by Crippen LogP contribution is 2.32. The summed E-state index contributed by atoms with van der Waals surface area (Å²) >= 11 is 0. The average Bonchev–Trinajstić information content (AvgIpc) is 2.93. The zero-order valence-electron chi connectivity index (χ0n) is 13.8. The van der Waals surface area contributed by atoms with Gasteiger partial charge in [-0.15, -0.1) is 0 Å². The minimum Gasteiger partial charge on any atom is -0.370 e. The maximum Gasteiger partial charge on any atom is 0.227 e. The zero-order chi connectivity index (χ0) is 15.6. The molecule has 22 heavy (non-hydrogen) atoms. The Hall–Kier alpha value is -1.40. The molecule has 0 atom stereocenters. The van der Waals surface area contributed by atoms with E-state index in [2.05, 4.69) is 34.0 Å². The predicted molar refractivity (Wildman–Crippen MR) is 86.2 cm³/mol. The summed E-state index contributed by atoms with van der Waals surface area (Å²) in [4.78, 5) is 11.5. The topological polar surface area (TPSA) is 59.5 Å². The van der Waals surface area contributed by atoms with Crippen molar-refractivity contribution in [2.24, 2.45) is 5.92 Å². The Morgan fingerprint density at radius 2 is 1.91 bits per heavy atom. The van der Waals surface area contributed by atoms with Gasteiger partial charge in [0.1, 0.15) is 5.82 Å². The summed E-state index contributed by atoms with van der Waals surface area (Å²) in [6.07, 6.45) is 1.75. The van der Waals surface area contributed by atoms with Crippen molar-refractivity contribution < 1.29 is 9.47 Å². The van der Waals surface area contributed by atoms with Crippen molar-refractivity contribution in [3.8, 4) is 0 Å². The number of aryl methyl sites for hydroxylation is 1. The third-order valence-electron chi connectivity index (χ3n) is 4.16. The molecule has 6 nitrogen and oxygen atoms in total. The lowest BCUT2D eigenvalue weighted by Crippen LogP contribution is -2.45. The van der Waals surface area contributed by atoms with E-state index in [0.29, 0.717) is 19.1 Å². The number of hydrogen-bond donors (Lipinski definition) is 1. The second kappa shape index (κ2) is 6.38. The van der Waals surface area contributed by atoms with Crippen LogP contribution in [0.3, 0.4) is 0 Å². The van der Waals surface area contributed by atoms with E-state index >= 15 is 0 Å². The van der Waals surface area contributed by atoms with Crippen molar-refractivity contribution in [1.29, 1.82) is 0 Å². The molecule has 0 unspecified atom stereocenters. The maximum absolute atomic E-state index is 5.78. The quantitative estimate of drug-likeness (QED) is 0.920. The van der Waals surface area contributed by atoms with Gasteiger partial charge in [0.25, 0.3) is 0 Å². The molecule has 1 N–H and O–H groups in total. The van der Waals surface area contributed by atoms with Crippen molar-refractivity contribution in [2.75, 3.05) is 43.1 Å². The van der Waals surface area contributed by atoms with Crippen LogP contribution in [0.15, 0.2) is 6.07 Å². The minimum atomic E-state index is -0.348. The van der Waals surface area contributed by atoms with Crippen LogP contribution in [0.1, 0.15) is 32.4 Å². The molecule has 3 heterocycles. The summed E-state index contributed by atoms with van der Waals surface area (Å²) in [5.41, 5.74) is 0.991. The second-order valence-electron chi connectivity index (χ2n) is 6.56. The van der Waals surface area contributed by atoms with Crippen LogP contribution in [0.2, 0.25) is 0 Å². The van der Waals surface area contributed by atoms with Gasteiger partial charge in [-0.1, -0.05) is 13.8 Å². The van der Waals surface area contributed by atoms with Gasteiger partial charge in [-0.2, -0.15) is 4.98 Å². The number of nitrogens with zero attached hydrogens (tertiary/aromatic N) is 3. The normalized spacial score (nSPS) is 20.8. The minimum absolute atomic E-state index is 0.348. The average molecular weight is 306 g/mol. The Morgan fingerprint density at radius 1 is 1.23 bits per heavy atom. The number of anilines is 2. The molecule has 0 bridgehead atoms. The highest BCUT2D eigenvalue weighted by molar-refractivity contribution is 5.44. The molecule has 6 heteroatoms. The first-order chi connectivity index (χ1) is 10.6. The van der Waals surface area contributed by atoms with Crippen LogP contribution in [0.25, 0.3) is 0 Å². The molecular formula is C16H26N4O2. The van der Waals surface area contributed by atoms with E-state index in [0.717, 1.165) is 49.9 Å². The third-order valence-corrected chi connectivity index (χ3v) is 4.16. The summed E-state index contributed by atoms with van der Waals surface area (Å²) in [5.74, 6) is 1.95. The van der Waals surface area contributed by atoms with Crippen molar-refractivity contribution in [3.63, 3.8) is 0 Å². The smallest absolute Gasteiger partial charge is 0.227 e. The number of nitrogens with one attached hydrogen (secondary N) is 1. The van der Waals surface area contributed by atoms with E-state index in [-0.39, 0.29) is 5.79 Å². The Balaban J connectivity index is 1.67. The highest BCUT2D eigenvalue weighted by atomic mass is 16.7. The first-order valence-electron chi connectivity index (χ1n) is 8.19. The largest absolute Gasteiger partial charge is 0.370 e. The van der Waals surface area contributed by atoms with E-state index in [1.807, 2.05) is 13.0 Å². The van der Waals surface area contributed by atoms with Gasteiger partial charge < -0.3 is 19.7 Å². The van der Waals surface area contributed by atoms with Gasteiger partial charge in [-0.3, -0.25) is 0 Å². The van der Waals surface area contributed by atoms with Gasteiger partial charge in [0.05, 0.1) is 13.2 Å². The number of hydrogen-bond acceptors (Lipinski definition) is 6. The molecular weight excluding hydrogens is 280 g/mol. The van der Waals surface area contributed by atoms with E-state index in [1.54, 1.807) is 0 Å². The van der Waals surface area contributed by atoms with Crippen molar-refractivity contribution >= 4 is 11.8 Å². The number of piperidine rings is 1. The van der Waals surface area contributed by atoms with Gasteiger partial charge in [0, 0.05) is 44.2 Å². The molecule has 2 saturated heterocycles. The molecule has 2 fully saturated rings. The van der Waals surface area contributed by atoms with Crippen LogP contribution >= 0.6 is 0 Å². The van der Waals surface area contributed by atoms with Crippen molar-refractivity contribution in [3.05, 3.63) is 11.8 Å². The van der Waals surface area contributed by atoms with E-state index in [4.69, 9.17) is 9.47 Å². The van der Waals surface area contributed by atoms with Gasteiger partial charge in [-0.05, 0) is 12.8 Å². The van der Waals surface area contributed by atoms with E-state index < -0.39 is 0 Å². The lowest BCUT2D eigenvalue weighted by Gasteiger charge is -2.37. The Labute approximate surface area is 132 Å². The zero-order valence-corrected chi connectivity index (χ0v) is 13.8. The molecule has 2 aliphatic rings.